The Morgan fingerprint density at radius 1 is 0.565 bits per heavy atom. The van der Waals surface area contributed by atoms with Crippen molar-refractivity contribution in [3.8, 4) is 0 Å². The van der Waals surface area contributed by atoms with Gasteiger partial charge in [0.15, 0.2) is 0 Å². The lowest BCUT2D eigenvalue weighted by Crippen LogP contribution is -2.33. The third-order valence-corrected chi connectivity index (χ3v) is 8.81. The predicted octanol–water partition coefficient (Wildman–Crippen LogP) is 5.01. The fourth-order valence-electron chi connectivity index (χ4n) is 3.22. The molecule has 0 atom stereocenters. The molecule has 0 aliphatic rings. The van der Waals surface area contributed by atoms with E-state index in [1.165, 1.54) is 28.5 Å². The Kier molecular flexibility index (Phi) is 6.80. The number of hydrogen-bond acceptors (Lipinski definition) is 0. The van der Waals surface area contributed by atoms with Gasteiger partial charge in [-0.2, -0.15) is 0 Å². The summed E-state index contributed by atoms with van der Waals surface area (Å²) in [5, 5.41) is 4.44. The number of hydrogen-bond donors (Lipinski definition) is 0. The Balaban J connectivity index is 0.00000192. The molecule has 0 amide bonds. The van der Waals surface area contributed by atoms with Crippen LogP contribution in [0.3, 0.4) is 0 Å². The van der Waals surface area contributed by atoms with Crippen LogP contribution in [-0.4, -0.2) is 6.16 Å². The van der Waals surface area contributed by atoms with Crippen LogP contribution in [0.1, 0.15) is 13.3 Å². The second-order valence-electron chi connectivity index (χ2n) is 5.54. The minimum atomic E-state index is -1.55. The highest BCUT2D eigenvalue weighted by Crippen LogP contribution is 2.55. The molecule has 0 bridgehead atoms. The van der Waals surface area contributed by atoms with Gasteiger partial charge in [-0.05, 0) is 42.8 Å². The van der Waals surface area contributed by atoms with Gasteiger partial charge in [0.1, 0.15) is 23.2 Å². The van der Waals surface area contributed by atoms with Crippen LogP contribution in [0.5, 0.6) is 0 Å². The van der Waals surface area contributed by atoms with Crippen LogP contribution in [-0.2, 0) is 0 Å². The second kappa shape index (κ2) is 8.61. The Morgan fingerprint density at radius 3 is 1.13 bits per heavy atom. The monoisotopic (exact) mass is 433 g/mol. The number of benzene rings is 3. The first-order valence-corrected chi connectivity index (χ1v) is 9.90. The molecule has 0 N–H and O–H groups in total. The van der Waals surface area contributed by atoms with Gasteiger partial charge < -0.3 is 0 Å². The van der Waals surface area contributed by atoms with E-state index in [-0.39, 0.29) is 24.0 Å². The van der Waals surface area contributed by atoms with Crippen molar-refractivity contribution in [2.75, 3.05) is 6.16 Å². The predicted molar refractivity (Wildman–Crippen MR) is 116 cm³/mol. The Morgan fingerprint density at radius 2 is 0.870 bits per heavy atom. The molecule has 0 fully saturated rings. The molecule has 0 nitrogen and oxygen atoms in total. The Labute approximate surface area is 157 Å². The largest absolute Gasteiger partial charge is 0.112 e. The standard InChI is InChI=1S/C21H22P.HI/c1-2-18-22(19-12-6-3-7-13-19,20-14-8-4-9-15-20)21-16-10-5-11-17-21;/h3-17H,2,18H2,1H3;1H/q+1;. The topological polar surface area (TPSA) is 0 Å². The van der Waals surface area contributed by atoms with Gasteiger partial charge in [0.2, 0.25) is 0 Å². The SMILES string of the molecule is CCC[P+](c1ccccc1)(c1ccccc1)c1ccccc1.I. The number of rotatable bonds is 5. The van der Waals surface area contributed by atoms with Crippen LogP contribution in [0.15, 0.2) is 91.0 Å². The lowest BCUT2D eigenvalue weighted by molar-refractivity contribution is 1.10. The average molecular weight is 433 g/mol. The third kappa shape index (κ3) is 3.67. The van der Waals surface area contributed by atoms with Gasteiger partial charge >= 0.3 is 0 Å². The highest BCUT2D eigenvalue weighted by Gasteiger charge is 2.43. The fraction of sp³-hybridized carbons (Fsp3) is 0.143. The van der Waals surface area contributed by atoms with Gasteiger partial charge in [-0.1, -0.05) is 61.5 Å². The highest BCUT2D eigenvalue weighted by atomic mass is 127. The van der Waals surface area contributed by atoms with Crippen molar-refractivity contribution in [2.24, 2.45) is 0 Å². The maximum Gasteiger partial charge on any atom is 0.112 e. The smallest absolute Gasteiger partial charge is 0.107 e. The molecule has 3 aromatic rings. The fourth-order valence-corrected chi connectivity index (χ4v) is 7.60. The minimum Gasteiger partial charge on any atom is -0.107 e. The van der Waals surface area contributed by atoms with Crippen LogP contribution >= 0.6 is 31.2 Å². The van der Waals surface area contributed by atoms with Gasteiger partial charge in [0, 0.05) is 0 Å². The van der Waals surface area contributed by atoms with Crippen molar-refractivity contribution in [2.45, 2.75) is 13.3 Å². The minimum absolute atomic E-state index is 0. The van der Waals surface area contributed by atoms with E-state index in [1.807, 2.05) is 0 Å². The Hall–Kier alpha value is -1.18. The van der Waals surface area contributed by atoms with E-state index in [1.54, 1.807) is 0 Å². The van der Waals surface area contributed by atoms with Crippen molar-refractivity contribution in [3.05, 3.63) is 91.0 Å². The first kappa shape index (κ1) is 18.2. The van der Waals surface area contributed by atoms with E-state index in [0.717, 1.165) is 0 Å². The first-order chi connectivity index (χ1) is 10.9. The Bertz CT molecular complexity index is 599. The van der Waals surface area contributed by atoms with E-state index >= 15 is 0 Å². The molecule has 0 aromatic heterocycles. The van der Waals surface area contributed by atoms with Crippen LogP contribution in [0, 0.1) is 0 Å². The molecule has 0 saturated heterocycles. The van der Waals surface area contributed by atoms with Crippen LogP contribution in [0.4, 0.5) is 0 Å². The van der Waals surface area contributed by atoms with Gasteiger partial charge in [0.25, 0.3) is 0 Å². The van der Waals surface area contributed by atoms with Gasteiger partial charge in [-0.3, -0.25) is 0 Å². The van der Waals surface area contributed by atoms with Crippen LogP contribution in [0.25, 0.3) is 0 Å². The zero-order valence-electron chi connectivity index (χ0n) is 13.4. The van der Waals surface area contributed by atoms with E-state index in [2.05, 4.69) is 97.9 Å². The average Bonchev–Trinajstić information content (AvgIpc) is 2.62. The normalized spacial score (nSPS) is 10.8. The van der Waals surface area contributed by atoms with E-state index in [0.29, 0.717) is 0 Å². The molecule has 0 radical (unpaired) electrons. The van der Waals surface area contributed by atoms with Gasteiger partial charge in [-0.25, -0.2) is 0 Å². The van der Waals surface area contributed by atoms with Crippen molar-refractivity contribution in [1.82, 2.24) is 0 Å². The maximum absolute atomic E-state index is 2.31. The van der Waals surface area contributed by atoms with Crippen molar-refractivity contribution in [1.29, 1.82) is 0 Å². The molecule has 0 spiro atoms. The van der Waals surface area contributed by atoms with Crippen molar-refractivity contribution in [3.63, 3.8) is 0 Å². The summed E-state index contributed by atoms with van der Waals surface area (Å²) in [6.07, 6.45) is 2.40. The molecule has 3 rings (SSSR count). The highest BCUT2D eigenvalue weighted by molar-refractivity contribution is 14.0. The van der Waals surface area contributed by atoms with Crippen molar-refractivity contribution < 1.29 is 0 Å². The van der Waals surface area contributed by atoms with Crippen molar-refractivity contribution >= 4 is 47.2 Å². The molecular weight excluding hydrogens is 410 g/mol. The molecule has 0 aliphatic heterocycles. The molecule has 0 aliphatic carbocycles. The van der Waals surface area contributed by atoms with E-state index in [9.17, 15) is 0 Å². The third-order valence-electron chi connectivity index (χ3n) is 4.15. The molecule has 23 heavy (non-hydrogen) atoms. The number of halogens is 1. The molecule has 0 saturated carbocycles. The lowest BCUT2D eigenvalue weighted by atomic mass is 10.4. The molecule has 3 aromatic carbocycles. The zero-order valence-corrected chi connectivity index (χ0v) is 16.7. The molecule has 0 heterocycles. The summed E-state index contributed by atoms with van der Waals surface area (Å²) in [5.74, 6) is 0. The molecule has 118 valence electrons. The molecule has 0 unspecified atom stereocenters. The summed E-state index contributed by atoms with van der Waals surface area (Å²) in [4.78, 5) is 0. The maximum atomic E-state index is 2.31. The molecule has 2 heteroatoms. The summed E-state index contributed by atoms with van der Waals surface area (Å²) in [6, 6.07) is 33.2. The summed E-state index contributed by atoms with van der Waals surface area (Å²) >= 11 is 0. The van der Waals surface area contributed by atoms with Gasteiger partial charge in [0.05, 0.1) is 6.16 Å². The quantitative estimate of drug-likeness (QED) is 0.392. The summed E-state index contributed by atoms with van der Waals surface area (Å²) < 4.78 is 0. The second-order valence-corrected chi connectivity index (χ2v) is 9.16. The summed E-state index contributed by atoms with van der Waals surface area (Å²) in [5.41, 5.74) is 0. The zero-order chi connectivity index (χ0) is 15.3. The van der Waals surface area contributed by atoms with E-state index < -0.39 is 7.26 Å². The van der Waals surface area contributed by atoms with E-state index in [4.69, 9.17) is 0 Å². The van der Waals surface area contributed by atoms with Gasteiger partial charge in [-0.15, -0.1) is 24.0 Å². The lowest BCUT2D eigenvalue weighted by Gasteiger charge is -2.27. The van der Waals surface area contributed by atoms with Crippen LogP contribution in [0.2, 0.25) is 0 Å². The summed E-state index contributed by atoms with van der Waals surface area (Å²) in [7, 11) is -1.55. The van der Waals surface area contributed by atoms with Crippen LogP contribution < -0.4 is 15.9 Å². The first-order valence-electron chi connectivity index (χ1n) is 7.93. The molecular formula is C21H23IP+. The summed E-state index contributed by atoms with van der Waals surface area (Å²) in [6.45, 7) is 2.30.